The van der Waals surface area contributed by atoms with Crippen molar-refractivity contribution in [2.45, 2.75) is 6.61 Å². The average Bonchev–Trinajstić information content (AvgIpc) is 2.93. The minimum Gasteiger partial charge on any atom is -0.470 e. The van der Waals surface area contributed by atoms with Crippen molar-refractivity contribution in [3.8, 4) is 5.88 Å². The van der Waals surface area contributed by atoms with Gasteiger partial charge >= 0.3 is 0 Å². The van der Waals surface area contributed by atoms with Crippen molar-refractivity contribution in [3.63, 3.8) is 0 Å². The van der Waals surface area contributed by atoms with Crippen LogP contribution in [0.4, 0.5) is 5.82 Å². The highest BCUT2D eigenvalue weighted by Gasteiger charge is 2.08. The van der Waals surface area contributed by atoms with Crippen LogP contribution in [0, 0.1) is 0 Å². The van der Waals surface area contributed by atoms with Crippen LogP contribution >= 0.6 is 15.9 Å². The molecule has 0 fully saturated rings. The van der Waals surface area contributed by atoms with E-state index in [1.54, 1.807) is 6.20 Å². The van der Waals surface area contributed by atoms with Gasteiger partial charge in [-0.2, -0.15) is 4.98 Å². The van der Waals surface area contributed by atoms with Crippen LogP contribution in [0.5, 0.6) is 5.88 Å². The van der Waals surface area contributed by atoms with Gasteiger partial charge in [-0.05, 0) is 17.7 Å². The second-order valence-electron chi connectivity index (χ2n) is 4.26. The Balaban J connectivity index is 1.88. The number of fused-ring (bicyclic) bond motifs is 1. The number of hydrogen-bond acceptors (Lipinski definition) is 4. The van der Waals surface area contributed by atoms with Gasteiger partial charge in [-0.3, -0.25) is 4.40 Å². The third kappa shape index (κ3) is 2.60. The normalized spacial score (nSPS) is 10.7. The Bertz CT molecular complexity index is 741. The maximum atomic E-state index is 5.81. The lowest BCUT2D eigenvalue weighted by Gasteiger charge is -2.09. The zero-order chi connectivity index (χ0) is 13.9. The van der Waals surface area contributed by atoms with Crippen LogP contribution in [-0.4, -0.2) is 21.4 Å². The van der Waals surface area contributed by atoms with Crippen LogP contribution in [0.3, 0.4) is 0 Å². The van der Waals surface area contributed by atoms with Crippen LogP contribution in [-0.2, 0) is 6.61 Å². The molecule has 0 aliphatic rings. The van der Waals surface area contributed by atoms with E-state index >= 15 is 0 Å². The van der Waals surface area contributed by atoms with Crippen molar-refractivity contribution in [2.75, 3.05) is 12.4 Å². The van der Waals surface area contributed by atoms with Gasteiger partial charge in [0.1, 0.15) is 12.4 Å². The molecule has 0 atom stereocenters. The molecule has 0 spiro atoms. The third-order valence-electron chi connectivity index (χ3n) is 2.86. The summed E-state index contributed by atoms with van der Waals surface area (Å²) in [5.74, 6) is 1.25. The largest absolute Gasteiger partial charge is 0.470 e. The van der Waals surface area contributed by atoms with Crippen LogP contribution in [0.2, 0.25) is 0 Å². The number of imidazole rings is 1. The van der Waals surface area contributed by atoms with E-state index in [1.807, 2.05) is 48.1 Å². The topological polar surface area (TPSA) is 51.5 Å². The van der Waals surface area contributed by atoms with Gasteiger partial charge < -0.3 is 10.1 Å². The maximum Gasteiger partial charge on any atom is 0.260 e. The molecule has 3 aromatic rings. The standard InChI is InChI=1S/C14H13BrN4O/c1-16-12-8-19-6-5-17-13(19)14(18-12)20-9-10-3-2-4-11(15)7-10/h2-8,16H,9H2,1H3. The molecule has 2 heterocycles. The Morgan fingerprint density at radius 2 is 2.30 bits per heavy atom. The van der Waals surface area contributed by atoms with Crippen molar-refractivity contribution in [1.29, 1.82) is 0 Å². The summed E-state index contributed by atoms with van der Waals surface area (Å²) in [6.45, 7) is 0.447. The summed E-state index contributed by atoms with van der Waals surface area (Å²) < 4.78 is 8.72. The minimum absolute atomic E-state index is 0.447. The van der Waals surface area contributed by atoms with E-state index in [1.165, 1.54) is 0 Å². The molecule has 0 aliphatic carbocycles. The summed E-state index contributed by atoms with van der Waals surface area (Å²) in [5, 5.41) is 3.01. The molecule has 102 valence electrons. The Morgan fingerprint density at radius 3 is 3.10 bits per heavy atom. The predicted molar refractivity (Wildman–Crippen MR) is 81.0 cm³/mol. The summed E-state index contributed by atoms with van der Waals surface area (Å²) >= 11 is 3.45. The van der Waals surface area contributed by atoms with E-state index in [-0.39, 0.29) is 0 Å². The van der Waals surface area contributed by atoms with Gasteiger partial charge in [0, 0.05) is 23.9 Å². The number of benzene rings is 1. The molecular formula is C14H13BrN4O. The smallest absolute Gasteiger partial charge is 0.260 e. The van der Waals surface area contributed by atoms with Gasteiger partial charge in [-0.1, -0.05) is 28.1 Å². The van der Waals surface area contributed by atoms with E-state index in [9.17, 15) is 0 Å². The fourth-order valence-corrected chi connectivity index (χ4v) is 2.35. The summed E-state index contributed by atoms with van der Waals surface area (Å²) in [5.41, 5.74) is 1.78. The summed E-state index contributed by atoms with van der Waals surface area (Å²) in [7, 11) is 1.82. The number of anilines is 1. The Morgan fingerprint density at radius 1 is 1.40 bits per heavy atom. The zero-order valence-electron chi connectivity index (χ0n) is 10.9. The van der Waals surface area contributed by atoms with Crippen molar-refractivity contribution in [2.24, 2.45) is 0 Å². The van der Waals surface area contributed by atoms with Gasteiger partial charge in [0.25, 0.3) is 5.88 Å². The minimum atomic E-state index is 0.447. The summed E-state index contributed by atoms with van der Waals surface area (Å²) in [4.78, 5) is 8.66. The van der Waals surface area contributed by atoms with Crippen LogP contribution in [0.1, 0.15) is 5.56 Å². The predicted octanol–water partition coefficient (Wildman–Crippen LogP) is 3.11. The number of ether oxygens (including phenoxy) is 1. The monoisotopic (exact) mass is 332 g/mol. The number of rotatable bonds is 4. The van der Waals surface area contributed by atoms with Crippen molar-refractivity contribution < 1.29 is 4.74 Å². The van der Waals surface area contributed by atoms with Crippen molar-refractivity contribution in [1.82, 2.24) is 14.4 Å². The molecule has 0 amide bonds. The number of halogens is 1. The van der Waals surface area contributed by atoms with Gasteiger partial charge in [-0.25, -0.2) is 4.98 Å². The highest BCUT2D eigenvalue weighted by Crippen LogP contribution is 2.20. The van der Waals surface area contributed by atoms with E-state index in [2.05, 4.69) is 31.2 Å². The van der Waals surface area contributed by atoms with E-state index in [4.69, 9.17) is 4.74 Å². The van der Waals surface area contributed by atoms with Gasteiger partial charge in [0.2, 0.25) is 5.65 Å². The molecule has 6 heteroatoms. The van der Waals surface area contributed by atoms with Crippen LogP contribution in [0.25, 0.3) is 5.65 Å². The fraction of sp³-hybridized carbons (Fsp3) is 0.143. The van der Waals surface area contributed by atoms with Crippen molar-refractivity contribution >= 4 is 27.4 Å². The molecule has 20 heavy (non-hydrogen) atoms. The molecule has 0 radical (unpaired) electrons. The van der Waals surface area contributed by atoms with E-state index < -0.39 is 0 Å². The fourth-order valence-electron chi connectivity index (χ4n) is 1.90. The second kappa shape index (κ2) is 5.50. The quantitative estimate of drug-likeness (QED) is 0.797. The molecule has 1 N–H and O–H groups in total. The molecule has 2 aromatic heterocycles. The first-order chi connectivity index (χ1) is 9.76. The molecule has 0 saturated carbocycles. The molecule has 1 aromatic carbocycles. The lowest BCUT2D eigenvalue weighted by atomic mass is 10.2. The first kappa shape index (κ1) is 12.9. The van der Waals surface area contributed by atoms with Crippen LogP contribution < -0.4 is 10.1 Å². The lowest BCUT2D eigenvalue weighted by Crippen LogP contribution is -2.03. The lowest BCUT2D eigenvalue weighted by molar-refractivity contribution is 0.296. The van der Waals surface area contributed by atoms with Crippen molar-refractivity contribution in [3.05, 3.63) is 52.9 Å². The Kier molecular flexibility index (Phi) is 3.56. The molecule has 0 unspecified atom stereocenters. The van der Waals surface area contributed by atoms with Crippen LogP contribution in [0.15, 0.2) is 47.3 Å². The molecular weight excluding hydrogens is 320 g/mol. The number of nitrogens with zero attached hydrogens (tertiary/aromatic N) is 3. The average molecular weight is 333 g/mol. The SMILES string of the molecule is CNc1cn2ccnc2c(OCc2cccc(Br)c2)n1. The molecule has 0 saturated heterocycles. The van der Waals surface area contributed by atoms with Gasteiger partial charge in [0.15, 0.2) is 0 Å². The molecule has 3 rings (SSSR count). The molecule has 0 bridgehead atoms. The van der Waals surface area contributed by atoms with E-state index in [0.717, 1.165) is 15.9 Å². The summed E-state index contributed by atoms with van der Waals surface area (Å²) in [6.07, 6.45) is 5.46. The first-order valence-corrected chi connectivity index (χ1v) is 6.94. The highest BCUT2D eigenvalue weighted by atomic mass is 79.9. The van der Waals surface area contributed by atoms with Gasteiger partial charge in [0.05, 0.1) is 6.20 Å². The second-order valence-corrected chi connectivity index (χ2v) is 5.17. The number of hydrogen-bond donors (Lipinski definition) is 1. The Labute approximate surface area is 124 Å². The summed E-state index contributed by atoms with van der Waals surface area (Å²) in [6, 6.07) is 7.99. The third-order valence-corrected chi connectivity index (χ3v) is 3.36. The molecule has 0 aliphatic heterocycles. The number of nitrogens with one attached hydrogen (secondary N) is 1. The molecule has 5 nitrogen and oxygen atoms in total. The highest BCUT2D eigenvalue weighted by molar-refractivity contribution is 9.10. The van der Waals surface area contributed by atoms with Gasteiger partial charge in [-0.15, -0.1) is 0 Å². The first-order valence-electron chi connectivity index (χ1n) is 6.15. The maximum absolute atomic E-state index is 5.81. The number of aromatic nitrogens is 3. The Hall–Kier alpha value is -2.08. The zero-order valence-corrected chi connectivity index (χ0v) is 12.5. The van der Waals surface area contributed by atoms with E-state index in [0.29, 0.717) is 18.1 Å².